The van der Waals surface area contributed by atoms with Crippen molar-refractivity contribution in [3.8, 4) is 5.75 Å². The summed E-state index contributed by atoms with van der Waals surface area (Å²) in [6.45, 7) is -2.62. The second kappa shape index (κ2) is 7.56. The van der Waals surface area contributed by atoms with Gasteiger partial charge in [0, 0.05) is 25.2 Å². The first-order valence-corrected chi connectivity index (χ1v) is 7.11. The smallest absolute Gasteiger partial charge is 0.387 e. The highest BCUT2D eigenvalue weighted by atomic mass is 19.3. The Balaban J connectivity index is 2.21. The molecule has 2 aromatic rings. The lowest BCUT2D eigenvalue weighted by molar-refractivity contribution is -0.384. The normalized spacial score (nSPS) is 10.6. The number of halogens is 2. The zero-order valence-corrected chi connectivity index (χ0v) is 13.2. The molecule has 0 aliphatic carbocycles. The molecule has 0 heterocycles. The van der Waals surface area contributed by atoms with E-state index in [1.807, 2.05) is 0 Å². The lowest BCUT2D eigenvalue weighted by Crippen LogP contribution is -2.19. The van der Waals surface area contributed by atoms with Crippen molar-refractivity contribution in [2.45, 2.75) is 13.2 Å². The molecule has 0 unspecified atom stereocenters. The van der Waals surface area contributed by atoms with Crippen molar-refractivity contribution < 1.29 is 23.2 Å². The predicted octanol–water partition coefficient (Wildman–Crippen LogP) is 2.93. The van der Waals surface area contributed by atoms with Gasteiger partial charge in [-0.25, -0.2) is 0 Å². The Morgan fingerprint density at radius 1 is 1.28 bits per heavy atom. The molecule has 0 aliphatic heterocycles. The van der Waals surface area contributed by atoms with Crippen molar-refractivity contribution in [2.24, 2.45) is 5.73 Å². The Morgan fingerprint density at radius 3 is 2.44 bits per heavy atom. The number of nitro groups is 1. The highest BCUT2D eigenvalue weighted by Crippen LogP contribution is 2.29. The average molecular weight is 351 g/mol. The van der Waals surface area contributed by atoms with Crippen LogP contribution in [0.15, 0.2) is 42.5 Å². The molecule has 7 nitrogen and oxygen atoms in total. The zero-order valence-electron chi connectivity index (χ0n) is 13.2. The molecule has 2 N–H and O–H groups in total. The maximum absolute atomic E-state index is 12.1. The Morgan fingerprint density at radius 2 is 1.92 bits per heavy atom. The summed E-state index contributed by atoms with van der Waals surface area (Å²) < 4.78 is 28.5. The number of alkyl halides is 2. The van der Waals surface area contributed by atoms with E-state index in [1.54, 1.807) is 24.1 Å². The quantitative estimate of drug-likeness (QED) is 0.611. The molecule has 0 aromatic heterocycles. The number of rotatable bonds is 7. The highest BCUT2D eigenvalue weighted by molar-refractivity contribution is 5.94. The summed E-state index contributed by atoms with van der Waals surface area (Å²) in [6.07, 6.45) is 0. The molecule has 0 saturated carbocycles. The van der Waals surface area contributed by atoms with Gasteiger partial charge >= 0.3 is 6.61 Å². The van der Waals surface area contributed by atoms with Gasteiger partial charge in [0.05, 0.1) is 4.92 Å². The average Bonchev–Trinajstić information content (AvgIpc) is 2.55. The molecule has 2 rings (SSSR count). The molecular formula is C16H15F2N3O4. The van der Waals surface area contributed by atoms with E-state index in [1.165, 1.54) is 24.3 Å². The maximum atomic E-state index is 12.1. The van der Waals surface area contributed by atoms with Gasteiger partial charge in [-0.05, 0) is 29.8 Å². The van der Waals surface area contributed by atoms with Crippen LogP contribution in [-0.4, -0.2) is 24.5 Å². The van der Waals surface area contributed by atoms with Crippen LogP contribution in [0.2, 0.25) is 0 Å². The fraction of sp³-hybridized carbons (Fsp3) is 0.188. The Hall–Kier alpha value is -3.23. The van der Waals surface area contributed by atoms with Crippen LogP contribution < -0.4 is 15.4 Å². The predicted molar refractivity (Wildman–Crippen MR) is 86.8 cm³/mol. The van der Waals surface area contributed by atoms with Crippen molar-refractivity contribution in [1.82, 2.24) is 0 Å². The Labute approximate surface area is 141 Å². The molecule has 0 radical (unpaired) electrons. The van der Waals surface area contributed by atoms with E-state index in [4.69, 9.17) is 5.73 Å². The summed E-state index contributed by atoms with van der Waals surface area (Å²) >= 11 is 0. The number of nitrogens with zero attached hydrogens (tertiary/aromatic N) is 2. The van der Waals surface area contributed by atoms with Crippen LogP contribution in [0.4, 0.5) is 20.2 Å². The fourth-order valence-corrected chi connectivity index (χ4v) is 2.28. The molecule has 0 bridgehead atoms. The third-order valence-electron chi connectivity index (χ3n) is 3.44. The molecule has 9 heteroatoms. The monoisotopic (exact) mass is 351 g/mol. The van der Waals surface area contributed by atoms with Crippen molar-refractivity contribution >= 4 is 17.3 Å². The zero-order chi connectivity index (χ0) is 18.6. The lowest BCUT2D eigenvalue weighted by atomic mass is 10.1. The first kappa shape index (κ1) is 18.1. The van der Waals surface area contributed by atoms with E-state index >= 15 is 0 Å². The number of hydrogen-bond donors (Lipinski definition) is 1. The second-order valence-corrected chi connectivity index (χ2v) is 5.20. The minimum absolute atomic E-state index is 0.0261. The molecule has 0 atom stereocenters. The van der Waals surface area contributed by atoms with Crippen LogP contribution in [0.3, 0.4) is 0 Å². The second-order valence-electron chi connectivity index (χ2n) is 5.20. The van der Waals surface area contributed by atoms with Gasteiger partial charge in [0.25, 0.3) is 5.69 Å². The van der Waals surface area contributed by atoms with Crippen molar-refractivity contribution in [1.29, 1.82) is 0 Å². The van der Waals surface area contributed by atoms with E-state index in [-0.39, 0.29) is 23.5 Å². The van der Waals surface area contributed by atoms with Gasteiger partial charge in [-0.3, -0.25) is 14.9 Å². The fourth-order valence-electron chi connectivity index (χ4n) is 2.28. The van der Waals surface area contributed by atoms with Crippen molar-refractivity contribution in [2.75, 3.05) is 11.9 Å². The summed E-state index contributed by atoms with van der Waals surface area (Å²) in [6, 6.07) is 9.90. The summed E-state index contributed by atoms with van der Waals surface area (Å²) in [7, 11) is 1.63. The van der Waals surface area contributed by atoms with Crippen molar-refractivity contribution in [3.05, 3.63) is 63.7 Å². The SMILES string of the molecule is CN(Cc1ccc(OC(F)F)cc1)c1ccc(C(N)=O)cc1[N+](=O)[O-]. The van der Waals surface area contributed by atoms with Gasteiger partial charge in [-0.1, -0.05) is 12.1 Å². The molecular weight excluding hydrogens is 336 g/mol. The van der Waals surface area contributed by atoms with Crippen LogP contribution >= 0.6 is 0 Å². The molecule has 25 heavy (non-hydrogen) atoms. The van der Waals surface area contributed by atoms with Gasteiger partial charge < -0.3 is 15.4 Å². The number of ether oxygens (including phenoxy) is 1. The molecule has 2 aromatic carbocycles. The van der Waals surface area contributed by atoms with E-state index in [9.17, 15) is 23.7 Å². The van der Waals surface area contributed by atoms with Gasteiger partial charge in [-0.2, -0.15) is 8.78 Å². The first-order chi connectivity index (χ1) is 11.8. The molecule has 0 aliphatic rings. The van der Waals surface area contributed by atoms with Gasteiger partial charge in [0.1, 0.15) is 11.4 Å². The van der Waals surface area contributed by atoms with Gasteiger partial charge in [0.15, 0.2) is 0 Å². The summed E-state index contributed by atoms with van der Waals surface area (Å²) in [5.74, 6) is -0.731. The third-order valence-corrected chi connectivity index (χ3v) is 3.44. The van der Waals surface area contributed by atoms with Crippen LogP contribution in [0.1, 0.15) is 15.9 Å². The third kappa shape index (κ3) is 4.63. The number of carbonyl (C=O) groups is 1. The van der Waals surface area contributed by atoms with Crippen molar-refractivity contribution in [3.63, 3.8) is 0 Å². The number of carbonyl (C=O) groups excluding carboxylic acids is 1. The van der Waals surface area contributed by atoms with Crippen LogP contribution in [0, 0.1) is 10.1 Å². The number of anilines is 1. The number of primary amides is 1. The largest absolute Gasteiger partial charge is 0.435 e. The number of hydrogen-bond acceptors (Lipinski definition) is 5. The van der Waals surface area contributed by atoms with Crippen LogP contribution in [-0.2, 0) is 6.54 Å². The molecule has 132 valence electrons. The Kier molecular flexibility index (Phi) is 5.48. The highest BCUT2D eigenvalue weighted by Gasteiger charge is 2.19. The van der Waals surface area contributed by atoms with Gasteiger partial charge in [-0.15, -0.1) is 0 Å². The lowest BCUT2D eigenvalue weighted by Gasteiger charge is -2.19. The maximum Gasteiger partial charge on any atom is 0.387 e. The first-order valence-electron chi connectivity index (χ1n) is 7.11. The van der Waals surface area contributed by atoms with Crippen LogP contribution in [0.25, 0.3) is 0 Å². The minimum atomic E-state index is -2.90. The number of nitro benzene ring substituents is 1. The summed E-state index contributed by atoms with van der Waals surface area (Å²) in [5.41, 5.74) is 5.95. The molecule has 0 fully saturated rings. The number of nitrogens with two attached hydrogens (primary N) is 1. The molecule has 1 amide bonds. The molecule has 0 saturated heterocycles. The van der Waals surface area contributed by atoms with Crippen LogP contribution in [0.5, 0.6) is 5.75 Å². The van der Waals surface area contributed by atoms with E-state index in [0.717, 1.165) is 11.6 Å². The van der Waals surface area contributed by atoms with E-state index < -0.39 is 17.4 Å². The Bertz CT molecular complexity index is 781. The van der Waals surface area contributed by atoms with Gasteiger partial charge in [0.2, 0.25) is 5.91 Å². The summed E-state index contributed by atoms with van der Waals surface area (Å²) in [5, 5.41) is 11.2. The minimum Gasteiger partial charge on any atom is -0.435 e. The molecule has 0 spiro atoms. The topological polar surface area (TPSA) is 98.7 Å². The van der Waals surface area contributed by atoms with E-state index in [2.05, 4.69) is 4.74 Å². The standard InChI is InChI=1S/C16H15F2N3O4/c1-20(9-10-2-5-12(6-3-10)25-16(17)18)13-7-4-11(15(19)22)8-14(13)21(23)24/h2-8,16H,9H2,1H3,(H2,19,22). The summed E-state index contributed by atoms with van der Waals surface area (Å²) in [4.78, 5) is 23.4. The number of benzene rings is 2. The number of amides is 1. The van der Waals surface area contributed by atoms with E-state index in [0.29, 0.717) is 5.69 Å².